The van der Waals surface area contributed by atoms with E-state index in [1.807, 2.05) is 26.0 Å². The van der Waals surface area contributed by atoms with Crippen LogP contribution in [0, 0.1) is 5.82 Å². The largest absolute Gasteiger partial charge is 0.492 e. The van der Waals surface area contributed by atoms with Gasteiger partial charge in [-0.25, -0.2) is 9.07 Å². The van der Waals surface area contributed by atoms with Crippen LogP contribution in [0.1, 0.15) is 30.8 Å². The molecule has 0 aliphatic carbocycles. The Balaban J connectivity index is 1.90. The number of carbonyl (C=O) groups excluding carboxylic acids is 1. The second-order valence-corrected chi connectivity index (χ2v) is 5.99. The number of nitrogens with zero attached hydrogens (tertiary/aromatic N) is 2. The van der Waals surface area contributed by atoms with Gasteiger partial charge in [0.2, 0.25) is 0 Å². The van der Waals surface area contributed by atoms with Gasteiger partial charge >= 0.3 is 0 Å². The van der Waals surface area contributed by atoms with Crippen molar-refractivity contribution in [2.24, 2.45) is 0 Å². The zero-order valence-electron chi connectivity index (χ0n) is 15.8. The monoisotopic (exact) mass is 383 g/mol. The SMILES string of the molecule is CCCOc1cn(-c2ccc(F)cc2)nc1C(=O)Nc1ccccc1OCC. The van der Waals surface area contributed by atoms with Crippen molar-refractivity contribution < 1.29 is 18.7 Å². The Bertz CT molecular complexity index is 938. The van der Waals surface area contributed by atoms with E-state index in [-0.39, 0.29) is 11.5 Å². The van der Waals surface area contributed by atoms with E-state index in [4.69, 9.17) is 9.47 Å². The minimum Gasteiger partial charge on any atom is -0.492 e. The van der Waals surface area contributed by atoms with Crippen LogP contribution < -0.4 is 14.8 Å². The molecule has 0 saturated carbocycles. The summed E-state index contributed by atoms with van der Waals surface area (Å²) in [5.74, 6) is 0.174. The Labute approximate surface area is 162 Å². The lowest BCUT2D eigenvalue weighted by molar-refractivity contribution is 0.101. The standard InChI is InChI=1S/C21H22FN3O3/c1-3-13-28-19-14-25(16-11-9-15(22)10-12-16)24-20(19)21(26)23-17-7-5-6-8-18(17)27-4-2/h5-12,14H,3-4,13H2,1-2H3,(H,23,26). The maximum Gasteiger partial charge on any atom is 0.280 e. The molecule has 0 aliphatic rings. The molecule has 0 radical (unpaired) electrons. The van der Waals surface area contributed by atoms with E-state index in [0.717, 1.165) is 6.42 Å². The number of halogens is 1. The van der Waals surface area contributed by atoms with Crippen LogP contribution in [0.25, 0.3) is 5.69 Å². The summed E-state index contributed by atoms with van der Waals surface area (Å²) in [5.41, 5.74) is 1.31. The molecule has 146 valence electrons. The van der Waals surface area contributed by atoms with Gasteiger partial charge in [-0.05, 0) is 49.7 Å². The molecule has 28 heavy (non-hydrogen) atoms. The van der Waals surface area contributed by atoms with Crippen LogP contribution in [0.2, 0.25) is 0 Å². The smallest absolute Gasteiger partial charge is 0.280 e. The molecule has 0 saturated heterocycles. The van der Waals surface area contributed by atoms with Gasteiger partial charge in [-0.1, -0.05) is 19.1 Å². The zero-order chi connectivity index (χ0) is 19.9. The average Bonchev–Trinajstić information content (AvgIpc) is 3.13. The van der Waals surface area contributed by atoms with Crippen molar-refractivity contribution in [1.29, 1.82) is 0 Å². The van der Waals surface area contributed by atoms with Crippen LogP contribution >= 0.6 is 0 Å². The molecular formula is C21H22FN3O3. The number of para-hydroxylation sites is 2. The van der Waals surface area contributed by atoms with Crippen molar-refractivity contribution in [2.75, 3.05) is 18.5 Å². The molecule has 1 heterocycles. The van der Waals surface area contributed by atoms with Gasteiger partial charge in [-0.3, -0.25) is 4.79 Å². The molecule has 0 fully saturated rings. The number of hydrogen-bond donors (Lipinski definition) is 1. The molecule has 0 aliphatic heterocycles. The van der Waals surface area contributed by atoms with Gasteiger partial charge in [-0.15, -0.1) is 0 Å². The van der Waals surface area contributed by atoms with Gasteiger partial charge in [0.1, 0.15) is 11.6 Å². The summed E-state index contributed by atoms with van der Waals surface area (Å²) in [5, 5.41) is 7.17. The molecule has 0 spiro atoms. The van der Waals surface area contributed by atoms with E-state index in [9.17, 15) is 9.18 Å². The normalized spacial score (nSPS) is 10.5. The molecule has 7 heteroatoms. The molecule has 6 nitrogen and oxygen atoms in total. The highest BCUT2D eigenvalue weighted by molar-refractivity contribution is 6.05. The zero-order valence-corrected chi connectivity index (χ0v) is 15.8. The summed E-state index contributed by atoms with van der Waals surface area (Å²) < 4.78 is 25.9. The predicted molar refractivity (Wildman–Crippen MR) is 105 cm³/mol. The van der Waals surface area contributed by atoms with E-state index in [1.54, 1.807) is 30.5 Å². The minimum absolute atomic E-state index is 0.143. The van der Waals surface area contributed by atoms with Crippen LogP contribution in [-0.2, 0) is 0 Å². The first-order chi connectivity index (χ1) is 13.6. The van der Waals surface area contributed by atoms with Gasteiger partial charge in [0.25, 0.3) is 5.91 Å². The summed E-state index contributed by atoms with van der Waals surface area (Å²) in [6, 6.07) is 13.0. The lowest BCUT2D eigenvalue weighted by atomic mass is 10.2. The summed E-state index contributed by atoms with van der Waals surface area (Å²) in [4.78, 5) is 12.9. The number of rotatable bonds is 8. The van der Waals surface area contributed by atoms with Crippen molar-refractivity contribution in [2.45, 2.75) is 20.3 Å². The maximum atomic E-state index is 13.2. The number of hydrogen-bond acceptors (Lipinski definition) is 4. The van der Waals surface area contributed by atoms with Gasteiger partial charge in [0.05, 0.1) is 30.8 Å². The third-order valence-corrected chi connectivity index (χ3v) is 3.88. The number of anilines is 1. The van der Waals surface area contributed by atoms with Crippen molar-refractivity contribution in [3.63, 3.8) is 0 Å². The highest BCUT2D eigenvalue weighted by Crippen LogP contribution is 2.26. The van der Waals surface area contributed by atoms with E-state index >= 15 is 0 Å². The fraction of sp³-hybridized carbons (Fsp3) is 0.238. The highest BCUT2D eigenvalue weighted by Gasteiger charge is 2.20. The van der Waals surface area contributed by atoms with Crippen molar-refractivity contribution in [1.82, 2.24) is 9.78 Å². The second-order valence-electron chi connectivity index (χ2n) is 5.99. The Hall–Kier alpha value is -3.35. The summed E-state index contributed by atoms with van der Waals surface area (Å²) in [6.07, 6.45) is 2.40. The second kappa shape index (κ2) is 9.03. The van der Waals surface area contributed by atoms with Gasteiger partial charge in [0, 0.05) is 0 Å². The predicted octanol–water partition coefficient (Wildman–Crippen LogP) is 4.45. The third-order valence-electron chi connectivity index (χ3n) is 3.88. The van der Waals surface area contributed by atoms with Gasteiger partial charge in [0.15, 0.2) is 11.4 Å². The van der Waals surface area contributed by atoms with Crippen molar-refractivity contribution in [3.8, 4) is 17.2 Å². The summed E-state index contributed by atoms with van der Waals surface area (Å²) in [6.45, 7) is 4.78. The molecule has 3 aromatic rings. The average molecular weight is 383 g/mol. The fourth-order valence-electron chi connectivity index (χ4n) is 2.59. The van der Waals surface area contributed by atoms with Crippen LogP contribution in [0.4, 0.5) is 10.1 Å². The first-order valence-electron chi connectivity index (χ1n) is 9.14. The summed E-state index contributed by atoms with van der Waals surface area (Å²) in [7, 11) is 0. The van der Waals surface area contributed by atoms with Crippen LogP contribution in [0.15, 0.2) is 54.7 Å². The molecule has 0 bridgehead atoms. The number of aromatic nitrogens is 2. The molecule has 1 N–H and O–H groups in total. The highest BCUT2D eigenvalue weighted by atomic mass is 19.1. The lowest BCUT2D eigenvalue weighted by Gasteiger charge is -2.11. The Kier molecular flexibility index (Phi) is 6.26. The third kappa shape index (κ3) is 4.49. The minimum atomic E-state index is -0.417. The number of carbonyl (C=O) groups is 1. The van der Waals surface area contributed by atoms with E-state index < -0.39 is 5.91 Å². The molecule has 1 amide bonds. The summed E-state index contributed by atoms with van der Waals surface area (Å²) >= 11 is 0. The Morgan fingerprint density at radius 3 is 2.54 bits per heavy atom. The van der Waals surface area contributed by atoms with Crippen LogP contribution in [0.5, 0.6) is 11.5 Å². The fourth-order valence-corrected chi connectivity index (χ4v) is 2.59. The number of nitrogens with one attached hydrogen (secondary N) is 1. The lowest BCUT2D eigenvalue weighted by Crippen LogP contribution is -2.15. The Morgan fingerprint density at radius 2 is 1.82 bits per heavy atom. The Morgan fingerprint density at radius 1 is 1.07 bits per heavy atom. The topological polar surface area (TPSA) is 65.4 Å². The molecule has 1 aromatic heterocycles. The molecule has 0 atom stereocenters. The van der Waals surface area contributed by atoms with E-state index in [2.05, 4.69) is 10.4 Å². The van der Waals surface area contributed by atoms with Crippen LogP contribution in [0.3, 0.4) is 0 Å². The quantitative estimate of drug-likeness (QED) is 0.624. The van der Waals surface area contributed by atoms with E-state index in [0.29, 0.717) is 36.1 Å². The van der Waals surface area contributed by atoms with Crippen molar-refractivity contribution >= 4 is 11.6 Å². The van der Waals surface area contributed by atoms with Crippen LogP contribution in [-0.4, -0.2) is 28.9 Å². The number of ether oxygens (including phenoxy) is 2. The first kappa shape index (κ1) is 19.4. The van der Waals surface area contributed by atoms with Crippen molar-refractivity contribution in [3.05, 3.63) is 66.2 Å². The first-order valence-corrected chi connectivity index (χ1v) is 9.14. The maximum absolute atomic E-state index is 13.2. The molecule has 0 unspecified atom stereocenters. The molecule has 3 rings (SSSR count). The molecule has 2 aromatic carbocycles. The number of benzene rings is 2. The van der Waals surface area contributed by atoms with Gasteiger partial charge < -0.3 is 14.8 Å². The van der Waals surface area contributed by atoms with E-state index in [1.165, 1.54) is 16.8 Å². The number of amides is 1. The van der Waals surface area contributed by atoms with Gasteiger partial charge in [-0.2, -0.15) is 5.10 Å². The molecular weight excluding hydrogens is 361 g/mol.